The van der Waals surface area contributed by atoms with Crippen LogP contribution in [0.2, 0.25) is 0 Å². The highest BCUT2D eigenvalue weighted by Gasteiger charge is 2.34. The van der Waals surface area contributed by atoms with Crippen molar-refractivity contribution in [3.63, 3.8) is 0 Å². The third-order valence-corrected chi connectivity index (χ3v) is 11.6. The molecule has 82 heavy (non-hydrogen) atoms. The van der Waals surface area contributed by atoms with Crippen LogP contribution in [0.4, 0.5) is 23.2 Å². The lowest BCUT2D eigenvalue weighted by molar-refractivity contribution is -0.180. The number of nitrogens with two attached hydrogens (primary N) is 1. The van der Waals surface area contributed by atoms with Crippen LogP contribution in [0.5, 0.6) is 11.8 Å². The number of hydrogen-bond acceptors (Lipinski definition) is 22. The number of aromatic nitrogens is 2. The first-order valence-electron chi connectivity index (χ1n) is 26.3. The lowest BCUT2D eigenvalue weighted by Gasteiger charge is -2.21. The van der Waals surface area contributed by atoms with E-state index in [4.69, 9.17) is 67.2 Å². The summed E-state index contributed by atoms with van der Waals surface area (Å²) in [4.78, 5) is 53.7. The Kier molecular flexibility index (Phi) is 33.1. The Hall–Kier alpha value is -5.87. The molecule has 2 aromatic carbocycles. The summed E-state index contributed by atoms with van der Waals surface area (Å²) in [6.45, 7) is 10.8. The molecular formula is C52H72F4N6O19S. The van der Waals surface area contributed by atoms with Crippen molar-refractivity contribution >= 4 is 45.5 Å². The van der Waals surface area contributed by atoms with E-state index in [0.717, 1.165) is 23.1 Å². The minimum Gasteiger partial charge on any atom is -0.462 e. The van der Waals surface area contributed by atoms with E-state index in [1.54, 1.807) is 18.5 Å². The van der Waals surface area contributed by atoms with Gasteiger partial charge < -0.3 is 67.9 Å². The fraction of sp³-hybridized carbons (Fsp3) is 0.577. The van der Waals surface area contributed by atoms with Gasteiger partial charge in [-0.3, -0.25) is 23.8 Å². The molecule has 458 valence electrons. The van der Waals surface area contributed by atoms with Crippen LogP contribution < -0.4 is 20.5 Å². The maximum atomic E-state index is 14.0. The molecule has 1 aromatic heterocycles. The van der Waals surface area contributed by atoms with Gasteiger partial charge >= 0.3 is 22.1 Å². The molecule has 0 aliphatic carbocycles. The minimum atomic E-state index is -5.65. The molecule has 2 heterocycles. The van der Waals surface area contributed by atoms with Gasteiger partial charge in [0.25, 0.3) is 5.91 Å². The van der Waals surface area contributed by atoms with Crippen molar-refractivity contribution in [3.8, 4) is 22.9 Å². The number of hydrogen-bond donors (Lipinski definition) is 3. The number of rotatable bonds is 45. The first kappa shape index (κ1) is 68.6. The molecule has 2 amide bonds. The van der Waals surface area contributed by atoms with E-state index in [-0.39, 0.29) is 83.5 Å². The van der Waals surface area contributed by atoms with Gasteiger partial charge in [-0.25, -0.2) is 28.8 Å². The lowest BCUT2D eigenvalue weighted by atomic mass is 10.0. The largest absolute Gasteiger partial charge is 0.462 e. The maximum absolute atomic E-state index is 14.0. The van der Waals surface area contributed by atoms with Gasteiger partial charge in [0.2, 0.25) is 23.3 Å². The summed E-state index contributed by atoms with van der Waals surface area (Å²) in [5, 5.41) is 4.14. The summed E-state index contributed by atoms with van der Waals surface area (Å²) in [6, 6.07) is 5.78. The van der Waals surface area contributed by atoms with Crippen molar-refractivity contribution in [2.24, 2.45) is 10.7 Å². The van der Waals surface area contributed by atoms with Crippen LogP contribution in [0.3, 0.4) is 0 Å². The first-order valence-corrected chi connectivity index (χ1v) is 27.7. The zero-order chi connectivity index (χ0) is 59.4. The van der Waals surface area contributed by atoms with Crippen LogP contribution in [0, 0.1) is 23.3 Å². The Labute approximate surface area is 472 Å². The Bertz CT molecular complexity index is 2560. The van der Waals surface area contributed by atoms with Crippen LogP contribution in [0.1, 0.15) is 45.1 Å². The summed E-state index contributed by atoms with van der Waals surface area (Å²) in [5.41, 5.74) is 9.61. The van der Waals surface area contributed by atoms with E-state index in [1.807, 2.05) is 32.0 Å². The number of ether oxygens (including phenoxy) is 12. The summed E-state index contributed by atoms with van der Waals surface area (Å²) < 4.78 is 150. The van der Waals surface area contributed by atoms with E-state index in [1.165, 1.54) is 5.06 Å². The second-order valence-corrected chi connectivity index (χ2v) is 18.3. The average molecular weight is 1190 g/mol. The quantitative estimate of drug-likeness (QED) is 0.0137. The van der Waals surface area contributed by atoms with E-state index in [0.29, 0.717) is 123 Å². The van der Waals surface area contributed by atoms with Crippen molar-refractivity contribution in [2.45, 2.75) is 44.4 Å². The van der Waals surface area contributed by atoms with Crippen molar-refractivity contribution in [1.29, 1.82) is 0 Å². The average Bonchev–Trinajstić information content (AvgIpc) is 3.08. The number of halogens is 4. The van der Waals surface area contributed by atoms with E-state index < -0.39 is 56.4 Å². The number of amides is 2. The van der Waals surface area contributed by atoms with Crippen LogP contribution >= 0.6 is 0 Å². The highest BCUT2D eigenvalue weighted by Crippen LogP contribution is 2.34. The van der Waals surface area contributed by atoms with Gasteiger partial charge in [0.1, 0.15) is 12.4 Å². The number of fused-ring (bicyclic) bond motifs is 1. The molecule has 0 saturated heterocycles. The molecule has 4 N–H and O–H groups in total. The normalized spacial score (nSPS) is 12.4. The number of carbonyl (C=O) groups excluding carboxylic acids is 3. The van der Waals surface area contributed by atoms with E-state index in [9.17, 15) is 40.4 Å². The molecule has 1 aliphatic heterocycles. The van der Waals surface area contributed by atoms with Gasteiger partial charge in [0, 0.05) is 48.5 Å². The van der Waals surface area contributed by atoms with Gasteiger partial charge in [-0.15, -0.1) is 0 Å². The molecule has 0 radical (unpaired) electrons. The third kappa shape index (κ3) is 26.1. The van der Waals surface area contributed by atoms with Crippen LogP contribution in [-0.2, 0) is 76.7 Å². The van der Waals surface area contributed by atoms with Crippen molar-refractivity contribution in [3.05, 3.63) is 65.0 Å². The number of benzene rings is 2. The van der Waals surface area contributed by atoms with Crippen molar-refractivity contribution < 1.29 is 107 Å². The van der Waals surface area contributed by atoms with Crippen molar-refractivity contribution in [1.82, 2.24) is 20.3 Å². The molecule has 0 saturated carbocycles. The molecule has 4 rings (SSSR count). The molecule has 0 spiro atoms. The standard InChI is InChI=1S/C52H72F4N6O19S/c1-3-10-62(80-4-2)51(65)39-32-38-6-5-37(33-41(38)61-42(57)34-39)40-35-59-52(60-36-40)79-13-9-58-43(63)7-11-69-14-16-71-18-20-73-22-24-75-26-28-77-30-31-78-29-27-76-25-23-74-21-19-72-17-15-70-12-8-44(64)81-49-45(53)47(55)50(82(66,67)68)48(56)46(49)54/h5-6,32-33,35-36H,3-4,7-31,34H2,1-2H3,(H2,57,61)(H,58,63)(H,66,67,68). The van der Waals surface area contributed by atoms with Gasteiger partial charge in [-0.1, -0.05) is 19.1 Å². The number of aliphatic imine (C=N–C) groups is 1. The lowest BCUT2D eigenvalue weighted by Crippen LogP contribution is -2.34. The summed E-state index contributed by atoms with van der Waals surface area (Å²) >= 11 is 0. The molecule has 0 fully saturated rings. The third-order valence-electron chi connectivity index (χ3n) is 10.8. The first-order chi connectivity index (χ1) is 39.6. The second-order valence-electron chi connectivity index (χ2n) is 17.0. The molecule has 0 bridgehead atoms. The Morgan fingerprint density at radius 1 is 0.646 bits per heavy atom. The van der Waals surface area contributed by atoms with E-state index in [2.05, 4.69) is 25.0 Å². The number of nitrogens with one attached hydrogen (secondary N) is 1. The van der Waals surface area contributed by atoms with Gasteiger partial charge in [0.15, 0.2) is 16.5 Å². The predicted octanol–water partition coefficient (Wildman–Crippen LogP) is 3.96. The number of hydroxylamine groups is 2. The van der Waals surface area contributed by atoms with Crippen LogP contribution in [0.25, 0.3) is 17.2 Å². The molecule has 0 atom stereocenters. The van der Waals surface area contributed by atoms with Gasteiger partial charge in [-0.05, 0) is 31.1 Å². The van der Waals surface area contributed by atoms with Gasteiger partial charge in [0.05, 0.1) is 157 Å². The topological polar surface area (TPSA) is 305 Å². The van der Waals surface area contributed by atoms with E-state index >= 15 is 0 Å². The number of esters is 1. The number of amidine groups is 1. The molecule has 0 unspecified atom stereocenters. The molecule has 3 aromatic rings. The molecule has 1 aliphatic rings. The summed E-state index contributed by atoms with van der Waals surface area (Å²) in [7, 11) is -5.65. The highest BCUT2D eigenvalue weighted by atomic mass is 32.2. The summed E-state index contributed by atoms with van der Waals surface area (Å²) in [6.07, 6.45) is 5.59. The number of carbonyl (C=O) groups is 3. The molecule has 30 heteroatoms. The Morgan fingerprint density at radius 3 is 1.56 bits per heavy atom. The highest BCUT2D eigenvalue weighted by molar-refractivity contribution is 7.85. The Balaban J connectivity index is 0.846. The molecular weight excluding hydrogens is 1120 g/mol. The minimum absolute atomic E-state index is 0.0151. The zero-order valence-corrected chi connectivity index (χ0v) is 46.7. The predicted molar refractivity (Wildman–Crippen MR) is 283 cm³/mol. The second kappa shape index (κ2) is 39.6. The van der Waals surface area contributed by atoms with Crippen LogP contribution in [-0.4, -0.2) is 210 Å². The molecule has 25 nitrogen and oxygen atoms in total. The summed E-state index contributed by atoms with van der Waals surface area (Å²) in [5.74, 6) is -12.8. The monoisotopic (exact) mass is 1190 g/mol. The maximum Gasteiger partial charge on any atom is 0.316 e. The van der Waals surface area contributed by atoms with Crippen LogP contribution in [0.15, 0.2) is 46.1 Å². The number of nitrogens with zero attached hydrogens (tertiary/aromatic N) is 4. The zero-order valence-electron chi connectivity index (χ0n) is 45.8. The smallest absolute Gasteiger partial charge is 0.316 e. The van der Waals surface area contributed by atoms with Gasteiger partial charge in [-0.2, -0.15) is 17.2 Å². The SMILES string of the molecule is CCCN(OCC)C(=O)C1=Cc2ccc(-c3cnc(OCCNC(=O)CCOCCOCCOCCOCCOCCOCCOCCOCCOCCOCCC(=O)Oc4c(F)c(F)c(S(=O)(=O)O)c(F)c4F)nc3)cc2N=C(N)C1. The Morgan fingerprint density at radius 2 is 1.11 bits per heavy atom. The fourth-order valence-electron chi connectivity index (χ4n) is 6.89. The van der Waals surface area contributed by atoms with Crippen molar-refractivity contribution in [2.75, 3.05) is 158 Å². The fourth-order valence-corrected chi connectivity index (χ4v) is 7.52.